The number of pyridine rings is 1. The smallest absolute Gasteiger partial charge is 0.168 e. The second-order valence-electron chi connectivity index (χ2n) is 3.04. The van der Waals surface area contributed by atoms with Gasteiger partial charge in [-0.2, -0.15) is 0 Å². The maximum absolute atomic E-state index is 13.2. The van der Waals surface area contributed by atoms with Gasteiger partial charge in [-0.15, -0.1) is 11.3 Å². The van der Waals surface area contributed by atoms with Crippen LogP contribution in [0.15, 0.2) is 24.4 Å². The Balaban J connectivity index is 2.04. The average molecular weight is 261 g/mol. The first-order chi connectivity index (χ1) is 7.65. The van der Waals surface area contributed by atoms with E-state index in [1.165, 1.54) is 11.3 Å². The molecule has 2 aromatic rings. The normalized spacial score (nSPS) is 10.4. The van der Waals surface area contributed by atoms with Crippen molar-refractivity contribution in [1.29, 1.82) is 0 Å². The molecule has 0 aliphatic rings. The van der Waals surface area contributed by atoms with Crippen LogP contribution in [0.1, 0.15) is 4.88 Å². The molecule has 2 aromatic heterocycles. The van der Waals surface area contributed by atoms with Crippen molar-refractivity contribution in [3.63, 3.8) is 0 Å². The molecule has 16 heavy (non-hydrogen) atoms. The van der Waals surface area contributed by atoms with Gasteiger partial charge in [0.25, 0.3) is 0 Å². The van der Waals surface area contributed by atoms with E-state index in [4.69, 9.17) is 11.6 Å². The van der Waals surface area contributed by atoms with Crippen LogP contribution in [0.5, 0.6) is 0 Å². The third-order valence-electron chi connectivity index (χ3n) is 1.87. The number of halogens is 3. The minimum absolute atomic E-state index is 0.0333. The number of nitrogens with one attached hydrogen (secondary N) is 1. The highest BCUT2D eigenvalue weighted by molar-refractivity contribution is 7.16. The number of aromatic nitrogens is 1. The fourth-order valence-electron chi connectivity index (χ4n) is 1.16. The second kappa shape index (κ2) is 4.76. The first-order valence-corrected chi connectivity index (χ1v) is 5.64. The third-order valence-corrected chi connectivity index (χ3v) is 3.10. The van der Waals surface area contributed by atoms with Gasteiger partial charge in [0.1, 0.15) is 5.82 Å². The Morgan fingerprint density at radius 1 is 1.38 bits per heavy atom. The van der Waals surface area contributed by atoms with Gasteiger partial charge in [0.2, 0.25) is 0 Å². The lowest BCUT2D eigenvalue weighted by atomic mass is 10.4. The number of hydrogen-bond donors (Lipinski definition) is 1. The van der Waals surface area contributed by atoms with Crippen molar-refractivity contribution in [1.82, 2.24) is 4.98 Å². The molecule has 0 fully saturated rings. The van der Waals surface area contributed by atoms with E-state index in [9.17, 15) is 8.78 Å². The summed E-state index contributed by atoms with van der Waals surface area (Å²) in [5.41, 5.74) is 0. The molecule has 0 aliphatic heterocycles. The molecule has 2 nitrogen and oxygen atoms in total. The topological polar surface area (TPSA) is 24.9 Å². The Kier molecular flexibility index (Phi) is 3.36. The summed E-state index contributed by atoms with van der Waals surface area (Å²) in [6, 6.07) is 4.38. The van der Waals surface area contributed by atoms with Crippen molar-refractivity contribution in [2.75, 3.05) is 5.32 Å². The summed E-state index contributed by atoms with van der Waals surface area (Å²) in [6.45, 7) is 0.410. The van der Waals surface area contributed by atoms with E-state index < -0.39 is 11.6 Å². The van der Waals surface area contributed by atoms with Gasteiger partial charge in [-0.05, 0) is 12.1 Å². The molecule has 0 amide bonds. The van der Waals surface area contributed by atoms with Crippen molar-refractivity contribution >= 4 is 28.8 Å². The number of thiophene rings is 1. The van der Waals surface area contributed by atoms with Crippen LogP contribution in [0.25, 0.3) is 0 Å². The average Bonchev–Trinajstić information content (AvgIpc) is 2.63. The van der Waals surface area contributed by atoms with E-state index in [2.05, 4.69) is 10.3 Å². The predicted octanol–water partition coefficient (Wildman–Crippen LogP) is 3.69. The molecule has 0 aromatic carbocycles. The summed E-state index contributed by atoms with van der Waals surface area (Å²) in [6.07, 6.45) is 0.965. The van der Waals surface area contributed by atoms with Crippen LogP contribution in [0.3, 0.4) is 0 Å². The van der Waals surface area contributed by atoms with Gasteiger partial charge in [-0.25, -0.2) is 13.8 Å². The number of hydrogen-bond acceptors (Lipinski definition) is 3. The number of nitrogens with zero attached hydrogens (tertiary/aromatic N) is 1. The van der Waals surface area contributed by atoms with Gasteiger partial charge in [0, 0.05) is 10.9 Å². The van der Waals surface area contributed by atoms with Gasteiger partial charge in [0.15, 0.2) is 11.6 Å². The van der Waals surface area contributed by atoms with Crippen molar-refractivity contribution in [2.45, 2.75) is 6.54 Å². The monoisotopic (exact) mass is 260 g/mol. The zero-order valence-electron chi connectivity index (χ0n) is 8.01. The van der Waals surface area contributed by atoms with Crippen LogP contribution in [0.2, 0.25) is 4.34 Å². The summed E-state index contributed by atoms with van der Waals surface area (Å²) in [5, 5.41) is 2.77. The third kappa shape index (κ3) is 2.68. The molecule has 0 saturated carbocycles. The zero-order valence-corrected chi connectivity index (χ0v) is 9.58. The highest BCUT2D eigenvalue weighted by Crippen LogP contribution is 2.22. The Morgan fingerprint density at radius 2 is 2.19 bits per heavy atom. The van der Waals surface area contributed by atoms with Crippen molar-refractivity contribution in [3.8, 4) is 0 Å². The van der Waals surface area contributed by atoms with Crippen molar-refractivity contribution in [2.24, 2.45) is 0 Å². The van der Waals surface area contributed by atoms with Crippen LogP contribution in [0, 0.1) is 11.6 Å². The van der Waals surface area contributed by atoms with Crippen molar-refractivity contribution in [3.05, 3.63) is 45.2 Å². The molecule has 0 unspecified atom stereocenters. The molecule has 0 spiro atoms. The van der Waals surface area contributed by atoms with E-state index in [-0.39, 0.29) is 5.82 Å². The maximum Gasteiger partial charge on any atom is 0.168 e. The van der Waals surface area contributed by atoms with Crippen LogP contribution in [-0.2, 0) is 6.54 Å². The van der Waals surface area contributed by atoms with E-state index in [0.717, 1.165) is 17.1 Å². The van der Waals surface area contributed by atoms with Gasteiger partial charge < -0.3 is 5.32 Å². The quantitative estimate of drug-likeness (QED) is 0.910. The Hall–Kier alpha value is -1.20. The number of rotatable bonds is 3. The Morgan fingerprint density at radius 3 is 2.81 bits per heavy atom. The Bertz CT molecular complexity index is 501. The largest absolute Gasteiger partial charge is 0.363 e. The molecule has 2 rings (SSSR count). The molecule has 6 heteroatoms. The molecule has 2 heterocycles. The summed E-state index contributed by atoms with van der Waals surface area (Å²) < 4.78 is 26.4. The molecule has 0 aliphatic carbocycles. The van der Waals surface area contributed by atoms with E-state index >= 15 is 0 Å². The fourth-order valence-corrected chi connectivity index (χ4v) is 2.19. The summed E-state index contributed by atoms with van der Waals surface area (Å²) in [5.74, 6) is -1.37. The molecule has 0 radical (unpaired) electrons. The first-order valence-electron chi connectivity index (χ1n) is 4.44. The number of anilines is 1. The molecule has 0 atom stereocenters. The summed E-state index contributed by atoms with van der Waals surface area (Å²) >= 11 is 7.14. The molecule has 0 saturated heterocycles. The lowest BCUT2D eigenvalue weighted by Crippen LogP contribution is -2.02. The standard InChI is InChI=1S/C10H7ClF2N2S/c11-9-2-1-7(16-9)5-15-10-8(13)3-6(12)4-14-10/h1-4H,5H2,(H,14,15). The maximum atomic E-state index is 13.2. The van der Waals surface area contributed by atoms with Gasteiger partial charge in [0.05, 0.1) is 17.1 Å². The van der Waals surface area contributed by atoms with Crippen LogP contribution < -0.4 is 5.32 Å². The van der Waals surface area contributed by atoms with E-state index in [0.29, 0.717) is 10.9 Å². The lowest BCUT2D eigenvalue weighted by molar-refractivity contribution is 0.575. The van der Waals surface area contributed by atoms with Crippen LogP contribution in [-0.4, -0.2) is 4.98 Å². The van der Waals surface area contributed by atoms with Gasteiger partial charge in [-0.3, -0.25) is 0 Å². The second-order valence-corrected chi connectivity index (χ2v) is 4.84. The van der Waals surface area contributed by atoms with E-state index in [1.54, 1.807) is 6.07 Å². The Labute approximate surface area is 99.9 Å². The molecule has 84 valence electrons. The molecule has 1 N–H and O–H groups in total. The highest BCUT2D eigenvalue weighted by atomic mass is 35.5. The lowest BCUT2D eigenvalue weighted by Gasteiger charge is -2.04. The summed E-state index contributed by atoms with van der Waals surface area (Å²) in [7, 11) is 0. The fraction of sp³-hybridized carbons (Fsp3) is 0.100. The van der Waals surface area contributed by atoms with E-state index in [1.807, 2.05) is 6.07 Å². The van der Waals surface area contributed by atoms with Gasteiger partial charge in [-0.1, -0.05) is 11.6 Å². The van der Waals surface area contributed by atoms with Crippen molar-refractivity contribution < 1.29 is 8.78 Å². The summed E-state index contributed by atoms with van der Waals surface area (Å²) in [4.78, 5) is 4.56. The first kappa shape index (κ1) is 11.3. The zero-order chi connectivity index (χ0) is 11.5. The van der Waals surface area contributed by atoms with Gasteiger partial charge >= 0.3 is 0 Å². The minimum atomic E-state index is -0.706. The van der Waals surface area contributed by atoms with Crippen LogP contribution >= 0.6 is 22.9 Å². The predicted molar refractivity (Wildman–Crippen MR) is 60.8 cm³/mol. The molecule has 0 bridgehead atoms. The SMILES string of the molecule is Fc1cnc(NCc2ccc(Cl)s2)c(F)c1. The van der Waals surface area contributed by atoms with Crippen LogP contribution in [0.4, 0.5) is 14.6 Å². The molecular formula is C10H7ClF2N2S. The minimum Gasteiger partial charge on any atom is -0.363 e. The highest BCUT2D eigenvalue weighted by Gasteiger charge is 2.05. The molecular weight excluding hydrogens is 254 g/mol.